The van der Waals surface area contributed by atoms with Crippen molar-refractivity contribution in [2.75, 3.05) is 12.0 Å². The maximum Gasteiger partial charge on any atom is 0.146 e. The molecule has 5 nitrogen and oxygen atoms in total. The number of phenols is 1. The minimum Gasteiger partial charge on any atom is -0.507 e. The summed E-state index contributed by atoms with van der Waals surface area (Å²) in [5.41, 5.74) is 3.39. The highest BCUT2D eigenvalue weighted by atomic mass is 16.5. The molecule has 0 fully saturated rings. The first-order valence-corrected chi connectivity index (χ1v) is 6.45. The lowest BCUT2D eigenvalue weighted by molar-refractivity contribution is 0.315. The van der Waals surface area contributed by atoms with Crippen molar-refractivity contribution in [1.29, 1.82) is 0 Å². The molecule has 5 heteroatoms. The van der Waals surface area contributed by atoms with Crippen LogP contribution in [0.2, 0.25) is 0 Å². The van der Waals surface area contributed by atoms with Crippen molar-refractivity contribution in [1.82, 2.24) is 4.98 Å². The van der Waals surface area contributed by atoms with Crippen LogP contribution in [-0.2, 0) is 0 Å². The first-order valence-electron chi connectivity index (χ1n) is 6.45. The molecule has 0 bridgehead atoms. The number of ether oxygens (including phenoxy) is 1. The number of hydrogen-bond acceptors (Lipinski definition) is 5. The highest BCUT2D eigenvalue weighted by Gasteiger charge is 2.01. The molecule has 2 rings (SSSR count). The lowest BCUT2D eigenvalue weighted by Crippen LogP contribution is -1.96. The van der Waals surface area contributed by atoms with Crippen LogP contribution >= 0.6 is 0 Å². The smallest absolute Gasteiger partial charge is 0.146 e. The number of nitrogens with zero attached hydrogens (tertiary/aromatic N) is 2. The molecule has 20 heavy (non-hydrogen) atoms. The molecule has 104 valence electrons. The van der Waals surface area contributed by atoms with E-state index in [0.29, 0.717) is 23.7 Å². The van der Waals surface area contributed by atoms with Crippen molar-refractivity contribution in [3.8, 4) is 11.5 Å². The molecule has 0 unspecified atom stereocenters. The second kappa shape index (κ2) is 7.13. The highest BCUT2D eigenvalue weighted by Crippen LogP contribution is 2.22. The first-order chi connectivity index (χ1) is 9.79. The maximum atomic E-state index is 9.87. The molecule has 0 aliphatic rings. The van der Waals surface area contributed by atoms with E-state index in [1.54, 1.807) is 30.5 Å². The van der Waals surface area contributed by atoms with Crippen LogP contribution in [0.4, 0.5) is 5.82 Å². The molecule has 2 aromatic rings. The van der Waals surface area contributed by atoms with Gasteiger partial charge in [-0.1, -0.05) is 13.0 Å². The number of phenolic OH excluding ortho intramolecular Hbond substituents is 1. The maximum absolute atomic E-state index is 9.87. The predicted molar refractivity (Wildman–Crippen MR) is 79.3 cm³/mol. The van der Waals surface area contributed by atoms with E-state index >= 15 is 0 Å². The summed E-state index contributed by atoms with van der Waals surface area (Å²) in [6, 6.07) is 10.6. The monoisotopic (exact) mass is 271 g/mol. The van der Waals surface area contributed by atoms with Gasteiger partial charge in [-0.05, 0) is 30.7 Å². The fourth-order valence-electron chi connectivity index (χ4n) is 1.54. The molecule has 0 aliphatic heterocycles. The molecule has 1 aromatic heterocycles. The van der Waals surface area contributed by atoms with Gasteiger partial charge in [-0.15, -0.1) is 0 Å². The third kappa shape index (κ3) is 3.98. The van der Waals surface area contributed by atoms with Crippen LogP contribution in [0.1, 0.15) is 18.9 Å². The van der Waals surface area contributed by atoms with Gasteiger partial charge in [0.15, 0.2) is 0 Å². The zero-order valence-electron chi connectivity index (χ0n) is 11.3. The van der Waals surface area contributed by atoms with Crippen molar-refractivity contribution >= 4 is 12.0 Å². The Bertz CT molecular complexity index is 571. The average molecular weight is 271 g/mol. The Morgan fingerprint density at radius 1 is 1.35 bits per heavy atom. The summed E-state index contributed by atoms with van der Waals surface area (Å²) in [5.74, 6) is 1.43. The number of aromatic hydroxyl groups is 1. The number of rotatable bonds is 6. The summed E-state index contributed by atoms with van der Waals surface area (Å²) in [7, 11) is 0. The number of pyridine rings is 1. The van der Waals surface area contributed by atoms with E-state index < -0.39 is 0 Å². The van der Waals surface area contributed by atoms with Crippen LogP contribution in [0.3, 0.4) is 0 Å². The first kappa shape index (κ1) is 13.9. The fourth-order valence-corrected chi connectivity index (χ4v) is 1.54. The summed E-state index contributed by atoms with van der Waals surface area (Å²) >= 11 is 0. The Kier molecular flexibility index (Phi) is 4.94. The minimum atomic E-state index is 0.130. The fraction of sp³-hybridized carbons (Fsp3) is 0.200. The van der Waals surface area contributed by atoms with Crippen LogP contribution in [0.15, 0.2) is 47.7 Å². The van der Waals surface area contributed by atoms with Gasteiger partial charge in [-0.3, -0.25) is 5.43 Å². The molecule has 0 radical (unpaired) electrons. The lowest BCUT2D eigenvalue weighted by Gasteiger charge is -2.06. The molecule has 2 N–H and O–H groups in total. The van der Waals surface area contributed by atoms with E-state index in [4.69, 9.17) is 4.74 Å². The van der Waals surface area contributed by atoms with E-state index in [9.17, 15) is 5.11 Å². The Labute approximate surface area is 117 Å². The van der Waals surface area contributed by atoms with Gasteiger partial charge < -0.3 is 9.84 Å². The van der Waals surface area contributed by atoms with Gasteiger partial charge in [0.2, 0.25) is 0 Å². The zero-order valence-corrected chi connectivity index (χ0v) is 11.3. The topological polar surface area (TPSA) is 66.7 Å². The highest BCUT2D eigenvalue weighted by molar-refractivity contribution is 5.84. The van der Waals surface area contributed by atoms with Crippen molar-refractivity contribution in [3.63, 3.8) is 0 Å². The van der Waals surface area contributed by atoms with Gasteiger partial charge >= 0.3 is 0 Å². The summed E-state index contributed by atoms with van der Waals surface area (Å²) in [6.45, 7) is 2.66. The Morgan fingerprint density at radius 3 is 2.95 bits per heavy atom. The quantitative estimate of drug-likeness (QED) is 0.626. The van der Waals surface area contributed by atoms with Crippen LogP contribution in [0.25, 0.3) is 0 Å². The largest absolute Gasteiger partial charge is 0.507 e. The molecule has 0 amide bonds. The van der Waals surface area contributed by atoms with Gasteiger partial charge in [0.25, 0.3) is 0 Å². The molecular weight excluding hydrogens is 254 g/mol. The number of aromatic nitrogens is 1. The number of hydrazone groups is 1. The van der Waals surface area contributed by atoms with Gasteiger partial charge in [0.05, 0.1) is 12.8 Å². The molecule has 0 saturated carbocycles. The molecular formula is C15H17N3O2. The second-order valence-corrected chi connectivity index (χ2v) is 4.15. The summed E-state index contributed by atoms with van der Waals surface area (Å²) in [6.07, 6.45) is 4.14. The van der Waals surface area contributed by atoms with Gasteiger partial charge in [0.1, 0.15) is 17.3 Å². The van der Waals surface area contributed by atoms with Crippen LogP contribution < -0.4 is 10.2 Å². The van der Waals surface area contributed by atoms with Crippen molar-refractivity contribution in [2.24, 2.45) is 5.10 Å². The molecule has 1 aromatic carbocycles. The Morgan fingerprint density at radius 2 is 2.25 bits per heavy atom. The summed E-state index contributed by atoms with van der Waals surface area (Å²) < 4.78 is 5.43. The third-order valence-electron chi connectivity index (χ3n) is 2.52. The van der Waals surface area contributed by atoms with Crippen LogP contribution in [0.5, 0.6) is 11.5 Å². The summed E-state index contributed by atoms with van der Waals surface area (Å²) in [5, 5.41) is 13.9. The van der Waals surface area contributed by atoms with E-state index in [2.05, 4.69) is 15.5 Å². The molecule has 0 saturated heterocycles. The molecule has 0 atom stereocenters. The van der Waals surface area contributed by atoms with E-state index in [1.807, 2.05) is 19.1 Å². The average Bonchev–Trinajstić information content (AvgIpc) is 2.48. The second-order valence-electron chi connectivity index (χ2n) is 4.15. The SMILES string of the molecule is CCCOc1ccc(/C=N/Nc2ccccn2)c(O)c1. The molecule has 1 heterocycles. The van der Waals surface area contributed by atoms with Crippen molar-refractivity contribution in [2.45, 2.75) is 13.3 Å². The van der Waals surface area contributed by atoms with Gasteiger partial charge in [-0.2, -0.15) is 5.10 Å². The zero-order chi connectivity index (χ0) is 14.2. The Balaban J connectivity index is 1.99. The van der Waals surface area contributed by atoms with Crippen molar-refractivity contribution in [3.05, 3.63) is 48.2 Å². The van der Waals surface area contributed by atoms with E-state index in [1.165, 1.54) is 6.21 Å². The third-order valence-corrected chi connectivity index (χ3v) is 2.52. The predicted octanol–water partition coefficient (Wildman–Crippen LogP) is 3.02. The number of nitrogens with one attached hydrogen (secondary N) is 1. The number of anilines is 1. The Hall–Kier alpha value is -2.56. The standard InChI is InChI=1S/C15H17N3O2/c1-2-9-20-13-7-6-12(14(19)10-13)11-17-18-15-5-3-4-8-16-15/h3-8,10-11,19H,2,9H2,1H3,(H,16,18)/b17-11+. The number of benzene rings is 1. The van der Waals surface area contributed by atoms with Crippen molar-refractivity contribution < 1.29 is 9.84 Å². The van der Waals surface area contributed by atoms with Gasteiger partial charge in [-0.25, -0.2) is 4.98 Å². The number of hydrogen-bond donors (Lipinski definition) is 2. The minimum absolute atomic E-state index is 0.130. The summed E-state index contributed by atoms with van der Waals surface area (Å²) in [4.78, 5) is 4.07. The van der Waals surface area contributed by atoms with Gasteiger partial charge in [0, 0.05) is 17.8 Å². The molecule has 0 aliphatic carbocycles. The lowest BCUT2D eigenvalue weighted by atomic mass is 10.2. The van der Waals surface area contributed by atoms with E-state index in [-0.39, 0.29) is 5.75 Å². The molecule has 0 spiro atoms. The van der Waals surface area contributed by atoms with Crippen LogP contribution in [0, 0.1) is 0 Å². The van der Waals surface area contributed by atoms with E-state index in [0.717, 1.165) is 6.42 Å². The van der Waals surface area contributed by atoms with Crippen LogP contribution in [-0.4, -0.2) is 22.9 Å². The normalized spacial score (nSPS) is 10.7.